The first-order chi connectivity index (χ1) is 12.0. The van der Waals surface area contributed by atoms with Crippen molar-refractivity contribution in [2.45, 2.75) is 45.1 Å². The summed E-state index contributed by atoms with van der Waals surface area (Å²) in [7, 11) is 1.59. The summed E-state index contributed by atoms with van der Waals surface area (Å²) in [6, 6.07) is 0. The van der Waals surface area contributed by atoms with Gasteiger partial charge in [0, 0.05) is 25.4 Å². The van der Waals surface area contributed by atoms with Gasteiger partial charge in [-0.25, -0.2) is 4.98 Å². The van der Waals surface area contributed by atoms with Gasteiger partial charge in [-0.2, -0.15) is 13.2 Å². The molecule has 0 aromatic carbocycles. The smallest absolute Gasteiger partial charge is 0.350 e. The van der Waals surface area contributed by atoms with Crippen LogP contribution in [0.5, 0.6) is 0 Å². The summed E-state index contributed by atoms with van der Waals surface area (Å²) in [5, 5.41) is 15.8. The zero-order valence-corrected chi connectivity index (χ0v) is 14.4. The van der Waals surface area contributed by atoms with Gasteiger partial charge in [0.2, 0.25) is 0 Å². The molecule has 2 aromatic rings. The summed E-state index contributed by atoms with van der Waals surface area (Å²) < 4.78 is 39.8. The van der Waals surface area contributed by atoms with Gasteiger partial charge >= 0.3 is 6.18 Å². The van der Waals surface area contributed by atoms with Crippen LogP contribution >= 0.6 is 11.3 Å². The number of aromatic nitrogens is 4. The van der Waals surface area contributed by atoms with Crippen LogP contribution in [-0.2, 0) is 32.2 Å². The van der Waals surface area contributed by atoms with Gasteiger partial charge in [0.25, 0.3) is 0 Å². The minimum absolute atomic E-state index is 0.165. The van der Waals surface area contributed by atoms with Crippen molar-refractivity contribution in [1.29, 1.82) is 0 Å². The Bertz CT molecular complexity index is 750. The van der Waals surface area contributed by atoms with Gasteiger partial charge < -0.3 is 15.2 Å². The molecule has 0 radical (unpaired) electrons. The van der Waals surface area contributed by atoms with E-state index in [4.69, 9.17) is 0 Å². The summed E-state index contributed by atoms with van der Waals surface area (Å²) in [4.78, 5) is 7.64. The average Bonchev–Trinajstić information content (AvgIpc) is 3.22. The minimum atomic E-state index is -4.42. The molecule has 0 bridgehead atoms. The van der Waals surface area contributed by atoms with Crippen LogP contribution in [0.2, 0.25) is 0 Å². The first kappa shape index (κ1) is 17.6. The van der Waals surface area contributed by atoms with E-state index in [0.717, 1.165) is 54.2 Å². The van der Waals surface area contributed by atoms with Crippen LogP contribution in [0, 0.1) is 0 Å². The molecule has 0 amide bonds. The second-order valence-electron chi connectivity index (χ2n) is 5.54. The molecule has 2 N–H and O–H groups in total. The van der Waals surface area contributed by atoms with E-state index in [1.54, 1.807) is 7.05 Å². The van der Waals surface area contributed by atoms with Crippen LogP contribution in [0.3, 0.4) is 0 Å². The lowest BCUT2D eigenvalue weighted by atomic mass is 10.2. The summed E-state index contributed by atoms with van der Waals surface area (Å²) in [5.74, 6) is 2.29. The Kier molecular flexibility index (Phi) is 5.21. The second kappa shape index (κ2) is 7.38. The number of aliphatic imine (C=N–C) groups is 1. The molecule has 3 heterocycles. The highest BCUT2D eigenvalue weighted by Gasteiger charge is 2.33. The SMILES string of the molecule is CN=C(NCc1nc(C(F)(F)F)cs1)NCc1nnc2n1CCCC2. The summed E-state index contributed by atoms with van der Waals surface area (Å²) in [5.41, 5.74) is -0.868. The molecule has 1 aliphatic rings. The first-order valence-corrected chi connectivity index (χ1v) is 8.72. The third kappa shape index (κ3) is 4.27. The van der Waals surface area contributed by atoms with Gasteiger partial charge in [0.1, 0.15) is 10.8 Å². The van der Waals surface area contributed by atoms with Crippen LogP contribution < -0.4 is 10.6 Å². The van der Waals surface area contributed by atoms with Crippen molar-refractivity contribution in [3.63, 3.8) is 0 Å². The van der Waals surface area contributed by atoms with Crippen molar-refractivity contribution in [1.82, 2.24) is 30.4 Å². The average molecular weight is 373 g/mol. The molecule has 1 aliphatic heterocycles. The van der Waals surface area contributed by atoms with E-state index in [1.165, 1.54) is 0 Å². The van der Waals surface area contributed by atoms with Gasteiger partial charge in [-0.3, -0.25) is 4.99 Å². The summed E-state index contributed by atoms with van der Waals surface area (Å²) >= 11 is 0.960. The van der Waals surface area contributed by atoms with E-state index < -0.39 is 11.9 Å². The lowest BCUT2D eigenvalue weighted by Gasteiger charge is -2.15. The molecule has 3 rings (SSSR count). The number of guanidine groups is 1. The Balaban J connectivity index is 1.53. The van der Waals surface area contributed by atoms with Gasteiger partial charge in [0.15, 0.2) is 17.5 Å². The number of aryl methyl sites for hydroxylation is 1. The van der Waals surface area contributed by atoms with Crippen LogP contribution in [0.25, 0.3) is 0 Å². The summed E-state index contributed by atoms with van der Waals surface area (Å²) in [6.07, 6.45) is -1.24. The van der Waals surface area contributed by atoms with E-state index >= 15 is 0 Å². The molecule has 0 atom stereocenters. The topological polar surface area (TPSA) is 80.0 Å². The lowest BCUT2D eigenvalue weighted by Crippen LogP contribution is -2.37. The van der Waals surface area contributed by atoms with Crippen molar-refractivity contribution >= 4 is 17.3 Å². The Morgan fingerprint density at radius 1 is 1.28 bits per heavy atom. The molecule has 0 aliphatic carbocycles. The number of rotatable bonds is 4. The van der Waals surface area contributed by atoms with E-state index in [2.05, 4.69) is 35.4 Å². The van der Waals surface area contributed by atoms with Crippen molar-refractivity contribution in [3.8, 4) is 0 Å². The maximum absolute atomic E-state index is 12.6. The standard InChI is InChI=1S/C14H18F3N7S/c1-18-13(20-7-12-21-9(8-25-12)14(15,16)17)19-6-11-23-22-10-4-2-3-5-24(10)11/h8H,2-7H2,1H3,(H2,18,19,20). The second-order valence-corrected chi connectivity index (χ2v) is 6.49. The number of fused-ring (bicyclic) bond motifs is 1. The molecule has 0 unspecified atom stereocenters. The van der Waals surface area contributed by atoms with Gasteiger partial charge in [-0.15, -0.1) is 21.5 Å². The number of halogens is 3. The van der Waals surface area contributed by atoms with E-state index in [1.807, 2.05) is 0 Å². The van der Waals surface area contributed by atoms with E-state index in [-0.39, 0.29) is 6.54 Å². The number of hydrogen-bond donors (Lipinski definition) is 2. The molecule has 25 heavy (non-hydrogen) atoms. The third-order valence-corrected chi connectivity index (χ3v) is 4.67. The minimum Gasteiger partial charge on any atom is -0.350 e. The lowest BCUT2D eigenvalue weighted by molar-refractivity contribution is -0.140. The van der Waals surface area contributed by atoms with E-state index in [0.29, 0.717) is 17.5 Å². The maximum atomic E-state index is 12.6. The van der Waals surface area contributed by atoms with Gasteiger partial charge in [-0.1, -0.05) is 0 Å². The Morgan fingerprint density at radius 2 is 2.08 bits per heavy atom. The zero-order chi connectivity index (χ0) is 17.9. The highest BCUT2D eigenvalue weighted by atomic mass is 32.1. The van der Waals surface area contributed by atoms with Crippen molar-refractivity contribution in [3.05, 3.63) is 27.7 Å². The molecule has 7 nitrogen and oxygen atoms in total. The first-order valence-electron chi connectivity index (χ1n) is 7.84. The number of thiazole rings is 1. The highest BCUT2D eigenvalue weighted by molar-refractivity contribution is 7.09. The molecule has 2 aromatic heterocycles. The van der Waals surface area contributed by atoms with Crippen LogP contribution in [0.15, 0.2) is 10.4 Å². The molecule has 0 saturated heterocycles. The maximum Gasteiger partial charge on any atom is 0.434 e. The van der Waals surface area contributed by atoms with Gasteiger partial charge in [-0.05, 0) is 12.8 Å². The summed E-state index contributed by atoms with van der Waals surface area (Å²) in [6.45, 7) is 1.52. The Morgan fingerprint density at radius 3 is 2.80 bits per heavy atom. The van der Waals surface area contributed by atoms with Crippen LogP contribution in [0.4, 0.5) is 13.2 Å². The number of alkyl halides is 3. The number of hydrogen-bond acceptors (Lipinski definition) is 5. The van der Waals surface area contributed by atoms with Crippen LogP contribution in [-0.4, -0.2) is 32.8 Å². The fourth-order valence-corrected chi connectivity index (χ4v) is 3.30. The van der Waals surface area contributed by atoms with Gasteiger partial charge in [0.05, 0.1) is 13.1 Å². The molecule has 136 valence electrons. The number of nitrogens with one attached hydrogen (secondary N) is 2. The fourth-order valence-electron chi connectivity index (χ4n) is 2.56. The Hall–Kier alpha value is -2.17. The van der Waals surface area contributed by atoms with E-state index in [9.17, 15) is 13.2 Å². The predicted molar refractivity (Wildman–Crippen MR) is 87.1 cm³/mol. The largest absolute Gasteiger partial charge is 0.434 e. The predicted octanol–water partition coefficient (Wildman–Crippen LogP) is 1.95. The van der Waals surface area contributed by atoms with Crippen molar-refractivity contribution < 1.29 is 13.2 Å². The third-order valence-electron chi connectivity index (χ3n) is 3.82. The molecule has 0 saturated carbocycles. The molecular weight excluding hydrogens is 355 g/mol. The Labute approximate surface area is 146 Å². The number of nitrogens with zero attached hydrogens (tertiary/aromatic N) is 5. The fraction of sp³-hybridized carbons (Fsp3) is 0.571. The molecular formula is C14H18F3N7S. The van der Waals surface area contributed by atoms with Crippen LogP contribution in [0.1, 0.15) is 35.2 Å². The molecule has 11 heteroatoms. The zero-order valence-electron chi connectivity index (χ0n) is 13.6. The quantitative estimate of drug-likeness (QED) is 0.633. The monoisotopic (exact) mass is 373 g/mol. The molecule has 0 fully saturated rings. The highest BCUT2D eigenvalue weighted by Crippen LogP contribution is 2.29. The van der Waals surface area contributed by atoms with Crippen molar-refractivity contribution in [2.24, 2.45) is 4.99 Å². The normalized spacial score (nSPS) is 15.1. The van der Waals surface area contributed by atoms with Crippen molar-refractivity contribution in [2.75, 3.05) is 7.05 Å². The molecule has 0 spiro atoms.